The van der Waals surface area contributed by atoms with E-state index >= 15 is 0 Å². The molecule has 1 N–H and O–H groups in total. The third-order valence-electron chi connectivity index (χ3n) is 4.40. The molecule has 0 radical (unpaired) electrons. The molecule has 6 nitrogen and oxygen atoms in total. The highest BCUT2D eigenvalue weighted by atomic mass is 32.2. The van der Waals surface area contributed by atoms with Crippen molar-refractivity contribution in [2.75, 3.05) is 39.3 Å². The minimum Gasteiger partial charge on any atom is -0.383 e. The molecule has 7 heteroatoms. The van der Waals surface area contributed by atoms with Gasteiger partial charge in [-0.05, 0) is 17.7 Å². The predicted molar refractivity (Wildman–Crippen MR) is 122 cm³/mol. The summed E-state index contributed by atoms with van der Waals surface area (Å²) in [4.78, 5) is 23.5. The molecule has 0 aliphatic rings. The van der Waals surface area contributed by atoms with Crippen LogP contribution < -0.4 is 10.2 Å². The zero-order valence-electron chi connectivity index (χ0n) is 17.5. The normalized spacial score (nSPS) is 10.6. The second-order valence-corrected chi connectivity index (χ2v) is 7.83. The van der Waals surface area contributed by atoms with E-state index in [-0.39, 0.29) is 5.91 Å². The largest absolute Gasteiger partial charge is 0.383 e. The van der Waals surface area contributed by atoms with Gasteiger partial charge in [0.05, 0.1) is 12.3 Å². The second-order valence-electron chi connectivity index (χ2n) is 6.89. The van der Waals surface area contributed by atoms with Gasteiger partial charge in [0.1, 0.15) is 5.82 Å². The summed E-state index contributed by atoms with van der Waals surface area (Å²) in [6.45, 7) is 0.994. The molecule has 156 valence electrons. The number of hydrogen-bond donors (Lipinski definition) is 1. The van der Waals surface area contributed by atoms with E-state index in [1.165, 1.54) is 0 Å². The number of amides is 1. The lowest BCUT2D eigenvalue weighted by Gasteiger charge is -2.14. The molecule has 3 rings (SSSR count). The van der Waals surface area contributed by atoms with E-state index in [2.05, 4.69) is 10.3 Å². The van der Waals surface area contributed by atoms with Crippen molar-refractivity contribution < 1.29 is 9.53 Å². The number of thioether (sulfide) groups is 1. The Bertz CT molecular complexity index is 963. The van der Waals surface area contributed by atoms with Gasteiger partial charge in [-0.2, -0.15) is 0 Å². The monoisotopic (exact) mass is 422 g/mol. The first-order valence-corrected chi connectivity index (χ1v) is 10.7. The topological polar surface area (TPSA) is 67.3 Å². The fourth-order valence-electron chi connectivity index (χ4n) is 2.73. The molecule has 0 spiro atoms. The number of anilines is 1. The lowest BCUT2D eigenvalue weighted by Crippen LogP contribution is -2.26. The number of nitrogens with zero attached hydrogens (tertiary/aromatic N) is 3. The van der Waals surface area contributed by atoms with Crippen LogP contribution in [0.15, 0.2) is 65.8 Å². The first-order valence-electron chi connectivity index (χ1n) is 9.67. The standard InChI is InChI=1S/C23H26N4O2S/c1-27(2)21-15-20(18-7-5-4-6-8-18)25-23(26-21)30-16-17-9-11-19(12-10-17)22(28)24-13-14-29-3/h4-12,15H,13-14,16H2,1-3H3,(H,24,28). The maximum Gasteiger partial charge on any atom is 0.251 e. The Labute approximate surface area is 181 Å². The lowest BCUT2D eigenvalue weighted by molar-refractivity contribution is 0.0937. The van der Waals surface area contributed by atoms with Gasteiger partial charge in [0, 0.05) is 50.7 Å². The van der Waals surface area contributed by atoms with Gasteiger partial charge in [-0.25, -0.2) is 9.97 Å². The SMILES string of the molecule is COCCNC(=O)c1ccc(CSc2nc(-c3ccccc3)cc(N(C)C)n2)cc1. The minimum atomic E-state index is -0.0965. The van der Waals surface area contributed by atoms with E-state index in [0.717, 1.165) is 33.5 Å². The third-order valence-corrected chi connectivity index (χ3v) is 5.31. The molecule has 2 aromatic carbocycles. The molecule has 0 bridgehead atoms. The van der Waals surface area contributed by atoms with Crippen molar-refractivity contribution >= 4 is 23.5 Å². The summed E-state index contributed by atoms with van der Waals surface area (Å²) in [5.74, 6) is 1.49. The van der Waals surface area contributed by atoms with E-state index in [4.69, 9.17) is 9.72 Å². The molecule has 0 atom stereocenters. The number of rotatable bonds is 9. The molecule has 0 aliphatic carbocycles. The van der Waals surface area contributed by atoms with Crippen LogP contribution >= 0.6 is 11.8 Å². The van der Waals surface area contributed by atoms with Crippen molar-refractivity contribution in [3.8, 4) is 11.3 Å². The molecule has 0 unspecified atom stereocenters. The summed E-state index contributed by atoms with van der Waals surface area (Å²) in [7, 11) is 5.56. The molecule has 0 saturated carbocycles. The molecule has 0 aliphatic heterocycles. The van der Waals surface area contributed by atoms with Crippen molar-refractivity contribution in [1.82, 2.24) is 15.3 Å². The molecule has 1 heterocycles. The Hall–Kier alpha value is -2.90. The minimum absolute atomic E-state index is 0.0965. The van der Waals surface area contributed by atoms with E-state index in [0.29, 0.717) is 18.7 Å². The molecule has 30 heavy (non-hydrogen) atoms. The highest BCUT2D eigenvalue weighted by Gasteiger charge is 2.10. The number of carbonyl (C=O) groups is 1. The van der Waals surface area contributed by atoms with Crippen molar-refractivity contribution in [2.45, 2.75) is 10.9 Å². The van der Waals surface area contributed by atoms with Crippen molar-refractivity contribution in [2.24, 2.45) is 0 Å². The number of ether oxygens (including phenoxy) is 1. The van der Waals surface area contributed by atoms with E-state index in [1.807, 2.05) is 79.7 Å². The first-order chi connectivity index (χ1) is 14.6. The number of methoxy groups -OCH3 is 1. The Morgan fingerprint density at radius 2 is 1.80 bits per heavy atom. The summed E-state index contributed by atoms with van der Waals surface area (Å²) < 4.78 is 4.95. The van der Waals surface area contributed by atoms with Gasteiger partial charge in [-0.3, -0.25) is 4.79 Å². The number of hydrogen-bond acceptors (Lipinski definition) is 6. The van der Waals surface area contributed by atoms with Crippen LogP contribution in [0, 0.1) is 0 Å². The number of nitrogens with one attached hydrogen (secondary N) is 1. The van der Waals surface area contributed by atoms with E-state index in [1.54, 1.807) is 18.9 Å². The van der Waals surface area contributed by atoms with Crippen LogP contribution in [-0.4, -0.2) is 50.2 Å². The summed E-state index contributed by atoms with van der Waals surface area (Å²) >= 11 is 1.58. The third kappa shape index (κ3) is 6.05. The van der Waals surface area contributed by atoms with Gasteiger partial charge in [0.25, 0.3) is 5.91 Å². The number of benzene rings is 2. The summed E-state index contributed by atoms with van der Waals surface area (Å²) in [5, 5.41) is 3.55. The van der Waals surface area contributed by atoms with Crippen molar-refractivity contribution in [3.63, 3.8) is 0 Å². The van der Waals surface area contributed by atoms with Crippen LogP contribution in [0.5, 0.6) is 0 Å². The summed E-state index contributed by atoms with van der Waals surface area (Å²) in [5.41, 5.74) is 3.71. The first kappa shape index (κ1) is 21.8. The Morgan fingerprint density at radius 1 is 1.07 bits per heavy atom. The van der Waals surface area contributed by atoms with Crippen LogP contribution in [0.4, 0.5) is 5.82 Å². The predicted octanol–water partition coefficient (Wildman–Crippen LogP) is 3.88. The molecular formula is C23H26N4O2S. The van der Waals surface area contributed by atoms with Gasteiger partial charge in [-0.15, -0.1) is 0 Å². The van der Waals surface area contributed by atoms with Gasteiger partial charge >= 0.3 is 0 Å². The molecular weight excluding hydrogens is 396 g/mol. The van der Waals surface area contributed by atoms with Crippen LogP contribution in [0.25, 0.3) is 11.3 Å². The van der Waals surface area contributed by atoms with Crippen LogP contribution in [0.2, 0.25) is 0 Å². The van der Waals surface area contributed by atoms with Crippen LogP contribution in [0.3, 0.4) is 0 Å². The fourth-order valence-corrected chi connectivity index (χ4v) is 3.54. The molecule has 1 aromatic heterocycles. The van der Waals surface area contributed by atoms with Crippen molar-refractivity contribution in [1.29, 1.82) is 0 Å². The smallest absolute Gasteiger partial charge is 0.251 e. The van der Waals surface area contributed by atoms with Gasteiger partial charge < -0.3 is 15.0 Å². The Kier molecular flexibility index (Phi) is 7.82. The highest BCUT2D eigenvalue weighted by Crippen LogP contribution is 2.26. The van der Waals surface area contributed by atoms with Gasteiger partial charge in [0.15, 0.2) is 5.16 Å². The number of aromatic nitrogens is 2. The van der Waals surface area contributed by atoms with Gasteiger partial charge in [0.2, 0.25) is 0 Å². The van der Waals surface area contributed by atoms with Crippen LogP contribution in [-0.2, 0) is 10.5 Å². The Morgan fingerprint density at radius 3 is 2.47 bits per heavy atom. The average molecular weight is 423 g/mol. The lowest BCUT2D eigenvalue weighted by atomic mass is 10.1. The Balaban J connectivity index is 1.69. The van der Waals surface area contributed by atoms with Crippen LogP contribution in [0.1, 0.15) is 15.9 Å². The summed E-state index contributed by atoms with van der Waals surface area (Å²) in [6, 6.07) is 19.7. The quantitative estimate of drug-likeness (QED) is 0.321. The fraction of sp³-hybridized carbons (Fsp3) is 0.261. The van der Waals surface area contributed by atoms with E-state index < -0.39 is 0 Å². The second kappa shape index (κ2) is 10.8. The maximum atomic E-state index is 12.1. The number of carbonyl (C=O) groups excluding carboxylic acids is 1. The van der Waals surface area contributed by atoms with E-state index in [9.17, 15) is 4.79 Å². The van der Waals surface area contributed by atoms with Gasteiger partial charge in [-0.1, -0.05) is 54.2 Å². The molecule has 1 amide bonds. The summed E-state index contributed by atoms with van der Waals surface area (Å²) in [6.07, 6.45) is 0. The zero-order chi connectivity index (χ0) is 21.3. The molecule has 3 aromatic rings. The zero-order valence-corrected chi connectivity index (χ0v) is 18.3. The maximum absolute atomic E-state index is 12.1. The molecule has 0 saturated heterocycles. The van der Waals surface area contributed by atoms with Crippen molar-refractivity contribution in [3.05, 3.63) is 71.8 Å². The molecule has 0 fully saturated rings. The highest BCUT2D eigenvalue weighted by molar-refractivity contribution is 7.98. The average Bonchev–Trinajstić information content (AvgIpc) is 2.78.